The number of ether oxygens (including phenoxy) is 2. The van der Waals surface area contributed by atoms with Crippen LogP contribution in [-0.4, -0.2) is 39.1 Å². The van der Waals surface area contributed by atoms with Crippen LogP contribution >= 0.6 is 0 Å². The number of rotatable bonds is 9. The third-order valence-electron chi connectivity index (χ3n) is 5.14. The summed E-state index contributed by atoms with van der Waals surface area (Å²) in [5.74, 6) is 0.179. The highest BCUT2D eigenvalue weighted by molar-refractivity contribution is 7.90. The molecule has 3 aromatic rings. The minimum absolute atomic E-state index is 0.0769. The lowest BCUT2D eigenvalue weighted by atomic mass is 9.91. The zero-order valence-corrected chi connectivity index (χ0v) is 19.2. The fourth-order valence-corrected chi connectivity index (χ4v) is 4.74. The van der Waals surface area contributed by atoms with E-state index in [1.807, 2.05) is 19.1 Å². The quantitative estimate of drug-likeness (QED) is 0.482. The second kappa shape index (κ2) is 9.99. The van der Waals surface area contributed by atoms with E-state index < -0.39 is 15.7 Å². The lowest BCUT2D eigenvalue weighted by Crippen LogP contribution is -2.17. The highest BCUT2D eigenvalue weighted by Gasteiger charge is 2.22. The number of nitrogen functional groups attached to an aromatic ring is 1. The van der Waals surface area contributed by atoms with Crippen LogP contribution < -0.4 is 15.2 Å². The van der Waals surface area contributed by atoms with E-state index in [0.717, 1.165) is 11.1 Å². The van der Waals surface area contributed by atoms with Gasteiger partial charge in [-0.3, -0.25) is 4.98 Å². The molecule has 0 unspecified atom stereocenters. The Morgan fingerprint density at radius 3 is 2.56 bits per heavy atom. The number of hydrogen-bond acceptors (Lipinski definition) is 6. The van der Waals surface area contributed by atoms with Crippen molar-refractivity contribution in [2.45, 2.75) is 19.3 Å². The molecule has 0 amide bonds. The molecular weight excluding hydrogens is 431 g/mol. The molecule has 0 aliphatic rings. The fourth-order valence-electron chi connectivity index (χ4n) is 3.70. The minimum atomic E-state index is -3.30. The van der Waals surface area contributed by atoms with Crippen LogP contribution in [0.2, 0.25) is 0 Å². The number of anilines is 1. The Morgan fingerprint density at radius 2 is 1.91 bits per heavy atom. The zero-order chi connectivity index (χ0) is 23.3. The molecule has 0 bridgehead atoms. The van der Waals surface area contributed by atoms with Gasteiger partial charge < -0.3 is 15.2 Å². The summed E-state index contributed by atoms with van der Waals surface area (Å²) in [5, 5.41) is 0. The minimum Gasteiger partial charge on any atom is -0.493 e. The Bertz CT molecular complexity index is 1200. The molecule has 32 heavy (non-hydrogen) atoms. The number of pyridine rings is 1. The maximum atomic E-state index is 14.3. The highest BCUT2D eigenvalue weighted by Crippen LogP contribution is 2.35. The van der Waals surface area contributed by atoms with Gasteiger partial charge in [0.2, 0.25) is 0 Å². The first-order chi connectivity index (χ1) is 15.2. The highest BCUT2D eigenvalue weighted by atomic mass is 32.2. The van der Waals surface area contributed by atoms with Gasteiger partial charge in [0.1, 0.15) is 21.3 Å². The first-order valence-electron chi connectivity index (χ1n) is 10.2. The molecule has 0 saturated carbocycles. The molecule has 1 heterocycles. The maximum absolute atomic E-state index is 14.3. The zero-order valence-electron chi connectivity index (χ0n) is 18.3. The average Bonchev–Trinajstić information content (AvgIpc) is 2.74. The molecule has 1 atom stereocenters. The molecule has 3 rings (SSSR count). The number of sulfone groups is 1. The van der Waals surface area contributed by atoms with Crippen LogP contribution in [0.25, 0.3) is 11.3 Å². The molecule has 0 spiro atoms. The van der Waals surface area contributed by atoms with E-state index in [0.29, 0.717) is 35.8 Å². The van der Waals surface area contributed by atoms with E-state index in [9.17, 15) is 12.8 Å². The summed E-state index contributed by atoms with van der Waals surface area (Å²) in [7, 11) is -1.75. The third kappa shape index (κ3) is 5.56. The second-order valence-corrected chi connectivity index (χ2v) is 9.73. The topological polar surface area (TPSA) is 91.5 Å². The summed E-state index contributed by atoms with van der Waals surface area (Å²) in [6.07, 6.45) is 3.05. The summed E-state index contributed by atoms with van der Waals surface area (Å²) in [4.78, 5) is 4.12. The fraction of sp³-hybridized carbons (Fsp3) is 0.292. The number of methoxy groups -OCH3 is 1. The molecule has 2 aromatic carbocycles. The smallest absolute Gasteiger partial charge is 0.161 e. The third-order valence-corrected chi connectivity index (χ3v) is 6.15. The van der Waals surface area contributed by atoms with E-state index in [-0.39, 0.29) is 17.4 Å². The summed E-state index contributed by atoms with van der Waals surface area (Å²) < 4.78 is 49.7. The van der Waals surface area contributed by atoms with Crippen molar-refractivity contribution < 1.29 is 22.3 Å². The van der Waals surface area contributed by atoms with Crippen LogP contribution in [0.1, 0.15) is 24.0 Å². The van der Waals surface area contributed by atoms with Crippen LogP contribution in [0.15, 0.2) is 54.7 Å². The second-order valence-electron chi connectivity index (χ2n) is 7.55. The number of hydrogen-bond donors (Lipinski definition) is 1. The van der Waals surface area contributed by atoms with Crippen molar-refractivity contribution in [3.05, 3.63) is 71.7 Å². The van der Waals surface area contributed by atoms with Crippen molar-refractivity contribution in [1.29, 1.82) is 0 Å². The number of nitrogens with zero attached hydrogens (tertiary/aromatic N) is 1. The van der Waals surface area contributed by atoms with Crippen molar-refractivity contribution in [2.24, 2.45) is 0 Å². The van der Waals surface area contributed by atoms with Gasteiger partial charge in [-0.05, 0) is 48.7 Å². The molecule has 0 fully saturated rings. The van der Waals surface area contributed by atoms with Gasteiger partial charge in [0.05, 0.1) is 19.5 Å². The molecule has 0 saturated heterocycles. The normalized spacial score (nSPS) is 12.4. The molecule has 8 heteroatoms. The number of para-hydroxylation sites is 1. The van der Waals surface area contributed by atoms with Gasteiger partial charge in [-0.15, -0.1) is 0 Å². The predicted molar refractivity (Wildman–Crippen MR) is 124 cm³/mol. The molecular formula is C24H27FN2O4S. The molecule has 170 valence electrons. The van der Waals surface area contributed by atoms with Gasteiger partial charge in [0.15, 0.2) is 11.5 Å². The van der Waals surface area contributed by atoms with Crippen molar-refractivity contribution in [3.63, 3.8) is 0 Å². The molecule has 0 radical (unpaired) electrons. The Hall–Kier alpha value is -3.13. The summed E-state index contributed by atoms with van der Waals surface area (Å²) >= 11 is 0. The molecule has 0 aliphatic heterocycles. The van der Waals surface area contributed by atoms with Gasteiger partial charge in [0, 0.05) is 29.6 Å². The Kier molecular flexibility index (Phi) is 7.35. The van der Waals surface area contributed by atoms with Gasteiger partial charge in [-0.1, -0.05) is 24.3 Å². The maximum Gasteiger partial charge on any atom is 0.161 e. The SMILES string of the molecule is CCOc1cc([C@H](Cc2cccc(-c3ncccc3F)c2N)CS(C)(=O)=O)ccc1OC. The number of halogens is 1. The molecule has 1 aromatic heterocycles. The van der Waals surface area contributed by atoms with Crippen LogP contribution in [0.3, 0.4) is 0 Å². The van der Waals surface area contributed by atoms with Crippen LogP contribution in [0.5, 0.6) is 11.5 Å². The Labute approximate surface area is 188 Å². The van der Waals surface area contributed by atoms with E-state index in [1.54, 1.807) is 31.4 Å². The number of nitrogens with two attached hydrogens (primary N) is 1. The van der Waals surface area contributed by atoms with E-state index in [2.05, 4.69) is 4.98 Å². The lowest BCUT2D eigenvalue weighted by Gasteiger charge is -2.20. The monoisotopic (exact) mass is 458 g/mol. The van der Waals surface area contributed by atoms with Gasteiger partial charge in [-0.2, -0.15) is 0 Å². The molecule has 2 N–H and O–H groups in total. The van der Waals surface area contributed by atoms with Crippen molar-refractivity contribution >= 4 is 15.5 Å². The predicted octanol–water partition coefficient (Wildman–Crippen LogP) is 4.25. The van der Waals surface area contributed by atoms with Crippen molar-refractivity contribution in [1.82, 2.24) is 4.98 Å². The van der Waals surface area contributed by atoms with Crippen molar-refractivity contribution in [2.75, 3.05) is 31.5 Å². The van der Waals surface area contributed by atoms with Crippen molar-refractivity contribution in [3.8, 4) is 22.8 Å². The summed E-state index contributed by atoms with van der Waals surface area (Å²) in [6.45, 7) is 2.31. The van der Waals surface area contributed by atoms with E-state index in [4.69, 9.17) is 15.2 Å². The van der Waals surface area contributed by atoms with E-state index in [1.165, 1.54) is 24.6 Å². The van der Waals surface area contributed by atoms with E-state index >= 15 is 0 Å². The molecule has 0 aliphatic carbocycles. The van der Waals surface area contributed by atoms with Crippen LogP contribution in [0, 0.1) is 5.82 Å². The molecule has 6 nitrogen and oxygen atoms in total. The number of benzene rings is 2. The Morgan fingerprint density at radius 1 is 1.12 bits per heavy atom. The summed E-state index contributed by atoms with van der Waals surface area (Å²) in [5.41, 5.74) is 8.91. The van der Waals surface area contributed by atoms with Gasteiger partial charge in [-0.25, -0.2) is 12.8 Å². The van der Waals surface area contributed by atoms with Crippen LogP contribution in [-0.2, 0) is 16.3 Å². The van der Waals surface area contributed by atoms with Gasteiger partial charge in [0.25, 0.3) is 0 Å². The standard InChI is InChI=1S/C24H27FN2O4S/c1-4-31-22-14-16(10-11-21(22)30-2)18(15-32(3,28)29)13-17-7-5-8-19(23(17)26)24-20(25)9-6-12-27-24/h5-12,14,18H,4,13,15,26H2,1-3H3/t18-/m1/s1. The number of aromatic nitrogens is 1. The lowest BCUT2D eigenvalue weighted by molar-refractivity contribution is 0.310. The van der Waals surface area contributed by atoms with Gasteiger partial charge >= 0.3 is 0 Å². The Balaban J connectivity index is 2.03. The first kappa shape index (κ1) is 23.5. The first-order valence-corrected chi connectivity index (χ1v) is 12.3. The largest absolute Gasteiger partial charge is 0.493 e. The average molecular weight is 459 g/mol. The van der Waals surface area contributed by atoms with Crippen LogP contribution in [0.4, 0.5) is 10.1 Å². The summed E-state index contributed by atoms with van der Waals surface area (Å²) in [6, 6.07) is 13.5.